The predicted octanol–water partition coefficient (Wildman–Crippen LogP) is 7.55. The van der Waals surface area contributed by atoms with Gasteiger partial charge < -0.3 is 10.1 Å². The van der Waals surface area contributed by atoms with Crippen LogP contribution in [0.3, 0.4) is 0 Å². The monoisotopic (exact) mass is 632 g/mol. The largest absolute Gasteiger partial charge is 0.457 e. The Morgan fingerprint density at radius 3 is 1.71 bits per heavy atom. The molecule has 45 heavy (non-hydrogen) atoms. The molecule has 0 radical (unpaired) electrons. The van der Waals surface area contributed by atoms with Crippen LogP contribution in [0.25, 0.3) is 10.8 Å². The molecule has 0 unspecified atom stereocenters. The standard InChI is InChI=1S/C37H26Cl2N2O4/c38-36-27-9-3-4-10-28(27)37(39,30-12-6-5-11-29(30)36)33-32(36)34(43)41(35(33)44)20-19-31(42)40-24-14-17-25(18-15-24)45-26-16-13-22-7-1-2-8-23(22)21-26/h1-18,21,32-33H,19-20H2,(H,40,42)/t32-,33-,36?,37?/m0/s1. The van der Waals surface area contributed by atoms with Crippen molar-refractivity contribution in [2.24, 2.45) is 11.8 Å². The number of halogens is 2. The van der Waals surface area contributed by atoms with Gasteiger partial charge >= 0.3 is 0 Å². The minimum absolute atomic E-state index is 0.0727. The molecule has 222 valence electrons. The highest BCUT2D eigenvalue weighted by Crippen LogP contribution is 2.69. The Labute approximate surface area is 269 Å². The molecular weight excluding hydrogens is 607 g/mol. The van der Waals surface area contributed by atoms with Crippen molar-refractivity contribution in [3.05, 3.63) is 138 Å². The normalized spacial score (nSPS) is 24.3. The summed E-state index contributed by atoms with van der Waals surface area (Å²) in [5.41, 5.74) is 3.55. The first-order valence-electron chi connectivity index (χ1n) is 14.8. The second-order valence-corrected chi connectivity index (χ2v) is 12.9. The van der Waals surface area contributed by atoms with E-state index in [-0.39, 0.29) is 18.9 Å². The van der Waals surface area contributed by atoms with Gasteiger partial charge in [-0.15, -0.1) is 23.2 Å². The number of carbonyl (C=O) groups excluding carboxylic acids is 3. The van der Waals surface area contributed by atoms with Gasteiger partial charge in [0.15, 0.2) is 0 Å². The number of likely N-dealkylation sites (tertiary alicyclic amines) is 1. The summed E-state index contributed by atoms with van der Waals surface area (Å²) in [4.78, 5) is 39.6. The number of anilines is 1. The molecule has 2 atom stereocenters. The number of ether oxygens (including phenoxy) is 1. The van der Waals surface area contributed by atoms with E-state index in [9.17, 15) is 14.4 Å². The second-order valence-electron chi connectivity index (χ2n) is 11.7. The number of amides is 3. The first-order valence-corrected chi connectivity index (χ1v) is 15.6. The van der Waals surface area contributed by atoms with Gasteiger partial charge in [-0.25, -0.2) is 0 Å². The molecule has 0 aromatic heterocycles. The van der Waals surface area contributed by atoms with Crippen molar-refractivity contribution in [1.82, 2.24) is 4.90 Å². The highest BCUT2D eigenvalue weighted by molar-refractivity contribution is 6.36. The molecule has 5 aromatic rings. The van der Waals surface area contributed by atoms with Gasteiger partial charge in [-0.1, -0.05) is 78.9 Å². The number of nitrogens with zero attached hydrogens (tertiary/aromatic N) is 1. The van der Waals surface area contributed by atoms with E-state index in [0.29, 0.717) is 17.2 Å². The summed E-state index contributed by atoms with van der Waals surface area (Å²) in [5, 5.41) is 5.06. The Morgan fingerprint density at radius 1 is 0.667 bits per heavy atom. The van der Waals surface area contributed by atoms with Crippen molar-refractivity contribution in [2.45, 2.75) is 16.2 Å². The highest BCUT2D eigenvalue weighted by Gasteiger charge is 2.72. The van der Waals surface area contributed by atoms with Crippen LogP contribution in [0, 0.1) is 11.8 Å². The molecule has 6 nitrogen and oxygen atoms in total. The summed E-state index contributed by atoms with van der Waals surface area (Å²) in [6, 6.07) is 36.0. The van der Waals surface area contributed by atoms with Gasteiger partial charge in [-0.2, -0.15) is 0 Å². The van der Waals surface area contributed by atoms with Crippen molar-refractivity contribution in [3.8, 4) is 11.5 Å². The number of nitrogens with one attached hydrogen (secondary N) is 1. The predicted molar refractivity (Wildman–Crippen MR) is 174 cm³/mol. The minimum atomic E-state index is -1.24. The third-order valence-corrected chi connectivity index (χ3v) is 10.6. The van der Waals surface area contributed by atoms with E-state index in [1.807, 2.05) is 91.0 Å². The third-order valence-electron chi connectivity index (χ3n) is 9.33. The average molecular weight is 634 g/mol. The van der Waals surface area contributed by atoms with Crippen molar-refractivity contribution in [3.63, 3.8) is 0 Å². The summed E-state index contributed by atoms with van der Waals surface area (Å²) < 4.78 is 6.00. The zero-order valence-electron chi connectivity index (χ0n) is 23.9. The van der Waals surface area contributed by atoms with E-state index in [1.165, 1.54) is 4.90 Å². The Hall–Kier alpha value is -4.65. The molecule has 8 heteroatoms. The van der Waals surface area contributed by atoms with E-state index >= 15 is 0 Å². The summed E-state index contributed by atoms with van der Waals surface area (Å²) in [7, 11) is 0. The second kappa shape index (κ2) is 10.2. The van der Waals surface area contributed by atoms with Gasteiger partial charge in [0.25, 0.3) is 0 Å². The fourth-order valence-electron chi connectivity index (χ4n) is 7.36. The van der Waals surface area contributed by atoms with Crippen LogP contribution in [0.2, 0.25) is 0 Å². The molecule has 9 rings (SSSR count). The Morgan fingerprint density at radius 2 is 1.16 bits per heavy atom. The molecule has 4 aliphatic rings. The highest BCUT2D eigenvalue weighted by atomic mass is 35.5. The van der Waals surface area contributed by atoms with Crippen molar-refractivity contribution in [1.29, 1.82) is 0 Å². The van der Waals surface area contributed by atoms with Crippen molar-refractivity contribution in [2.75, 3.05) is 11.9 Å². The summed E-state index contributed by atoms with van der Waals surface area (Å²) in [6.45, 7) is -0.0771. The van der Waals surface area contributed by atoms with Crippen LogP contribution in [-0.4, -0.2) is 29.2 Å². The smallest absolute Gasteiger partial charge is 0.235 e. The topological polar surface area (TPSA) is 75.7 Å². The first-order chi connectivity index (χ1) is 21.8. The molecule has 3 aliphatic carbocycles. The van der Waals surface area contributed by atoms with Crippen LogP contribution in [0.5, 0.6) is 11.5 Å². The molecule has 1 heterocycles. The van der Waals surface area contributed by atoms with Gasteiger partial charge in [0.1, 0.15) is 21.2 Å². The van der Waals surface area contributed by atoms with Crippen LogP contribution in [0.15, 0.2) is 115 Å². The lowest BCUT2D eigenvalue weighted by Crippen LogP contribution is -2.57. The fraction of sp³-hybridized carbons (Fsp3) is 0.162. The van der Waals surface area contributed by atoms with Gasteiger partial charge in [-0.05, 0) is 69.4 Å². The van der Waals surface area contributed by atoms with Gasteiger partial charge in [0, 0.05) is 18.7 Å². The zero-order valence-corrected chi connectivity index (χ0v) is 25.4. The van der Waals surface area contributed by atoms with E-state index in [2.05, 4.69) is 5.32 Å². The van der Waals surface area contributed by atoms with E-state index < -0.39 is 33.4 Å². The van der Waals surface area contributed by atoms with Gasteiger partial charge in [-0.3, -0.25) is 19.3 Å². The van der Waals surface area contributed by atoms with E-state index in [4.69, 9.17) is 27.9 Å². The Kier molecular flexibility index (Phi) is 6.31. The molecular formula is C37H26Cl2N2O4. The van der Waals surface area contributed by atoms with Crippen LogP contribution in [0.4, 0.5) is 5.69 Å². The number of imide groups is 1. The van der Waals surface area contributed by atoms with E-state index in [0.717, 1.165) is 33.0 Å². The van der Waals surface area contributed by atoms with Crippen LogP contribution in [0.1, 0.15) is 28.7 Å². The molecule has 1 fully saturated rings. The van der Waals surface area contributed by atoms with Crippen LogP contribution < -0.4 is 10.1 Å². The molecule has 1 aliphatic heterocycles. The summed E-state index contributed by atoms with van der Waals surface area (Å²) in [6.07, 6.45) is -0.0727. The minimum Gasteiger partial charge on any atom is -0.457 e. The van der Waals surface area contributed by atoms with E-state index in [1.54, 1.807) is 24.3 Å². The number of carbonyl (C=O) groups is 3. The maximum atomic E-state index is 14.0. The van der Waals surface area contributed by atoms with Gasteiger partial charge in [0.2, 0.25) is 17.7 Å². The molecule has 2 bridgehead atoms. The molecule has 3 amide bonds. The number of alkyl halides is 2. The average Bonchev–Trinajstić information content (AvgIpc) is 3.33. The molecule has 5 aromatic carbocycles. The lowest BCUT2D eigenvalue weighted by Gasteiger charge is -2.54. The van der Waals surface area contributed by atoms with Crippen molar-refractivity contribution >= 4 is 57.4 Å². The lowest BCUT2D eigenvalue weighted by molar-refractivity contribution is -0.140. The van der Waals surface area contributed by atoms with Gasteiger partial charge in [0.05, 0.1) is 11.8 Å². The van der Waals surface area contributed by atoms with Crippen LogP contribution >= 0.6 is 23.2 Å². The number of hydrogen-bond donors (Lipinski definition) is 1. The quantitative estimate of drug-likeness (QED) is 0.155. The SMILES string of the molecule is O=C(CCN1C(=O)[C@@H]2[C@@H](C1=O)C1(Cl)c3ccccc3C2(Cl)c2ccccc21)Nc1ccc(Oc2ccc3ccccc3c2)cc1. The zero-order chi connectivity index (χ0) is 30.9. The number of benzene rings is 5. The lowest BCUT2D eigenvalue weighted by atomic mass is 9.54. The molecule has 0 saturated carbocycles. The first kappa shape index (κ1) is 27.9. The fourth-order valence-corrected chi connectivity index (χ4v) is 8.45. The van der Waals surface area contributed by atoms with Crippen molar-refractivity contribution < 1.29 is 19.1 Å². The molecule has 1 saturated heterocycles. The Bertz CT molecular complexity index is 1920. The third kappa shape index (κ3) is 4.06. The molecule has 1 N–H and O–H groups in total. The molecule has 0 spiro atoms. The number of rotatable bonds is 6. The number of hydrogen-bond acceptors (Lipinski definition) is 4. The number of fused-ring (bicyclic) bond motifs is 1. The maximum Gasteiger partial charge on any atom is 0.235 e. The summed E-state index contributed by atoms with van der Waals surface area (Å²) >= 11 is 14.9. The Balaban J connectivity index is 0.974. The maximum absolute atomic E-state index is 14.0. The summed E-state index contributed by atoms with van der Waals surface area (Å²) in [5.74, 6) is -1.57. The van der Waals surface area contributed by atoms with Crippen LogP contribution in [-0.2, 0) is 24.1 Å².